The molecule has 0 unspecified atom stereocenters. The first-order chi connectivity index (χ1) is 67.5. The van der Waals surface area contributed by atoms with Gasteiger partial charge < -0.3 is 29.8 Å². The van der Waals surface area contributed by atoms with Crippen LogP contribution < -0.4 is 19.6 Å². The van der Waals surface area contributed by atoms with E-state index in [1.165, 1.54) is 189 Å². The standard InChI is InChI=1S/2C21H27N2.C18H33P.C17H19NO.2C17H14.C16H17NO.3ClH.2Ru/c2*1-14-9-16(3)20(17(4)10-14)22-7-8-23(13-22)21-18(5)11-15(2)12-19(21)6;1-4-10-16(11-5-1)19(17-12-6-2-7-13-17)18-14-8-3-9-15-18;1-12-8-9-16(19)15(10-12)11-18(4)17-13(2)6-5-7-14(17)3;2*1-12-6-3-4-9-15(12)16-11-10-14-8-5-7-13(2)17(14)16;1-11-7-8-15(18)14(9-11)10-17-16-12(2)5-4-6-13(16)3;;;;;/h2*9-13H,7-8H2,1-6H3;16-18H,1-15H2;5-11,19H,4H2,1-3H3;2*3-9,11H,1-2H3;4-10,18H,1-3H3;3*1H;;/q2*-1;;;;;;;;;+1;+2/p-2. The Morgan fingerprint density at radius 1 is 0.369 bits per heavy atom. The molecule has 0 spiro atoms. The molecule has 8 nitrogen and oxygen atoms in total. The van der Waals surface area contributed by atoms with Crippen molar-refractivity contribution in [2.75, 3.05) is 45.8 Å². The van der Waals surface area contributed by atoms with Crippen LogP contribution in [0.5, 0.6) is 11.5 Å². The van der Waals surface area contributed by atoms with Crippen molar-refractivity contribution < 1.29 is 44.0 Å². The van der Waals surface area contributed by atoms with Crippen molar-refractivity contribution in [1.29, 1.82) is 0 Å². The number of aryl methyl sites for hydroxylation is 22. The molecule has 0 radical (unpaired) electrons. The maximum absolute atomic E-state index is 9.88. The zero-order chi connectivity index (χ0) is 101. The van der Waals surface area contributed by atoms with E-state index in [2.05, 4.69) is 327 Å². The van der Waals surface area contributed by atoms with Crippen LogP contribution in [0, 0.1) is 172 Å². The Labute approximate surface area is 873 Å². The predicted molar refractivity (Wildman–Crippen MR) is 609 cm³/mol. The van der Waals surface area contributed by atoms with E-state index in [1.54, 1.807) is 115 Å². The molecule has 12 aromatic rings. The second-order valence-corrected chi connectivity index (χ2v) is 51.9. The van der Waals surface area contributed by atoms with Gasteiger partial charge in [0.25, 0.3) is 0 Å². The van der Waals surface area contributed by atoms with Crippen LogP contribution in [-0.4, -0.2) is 79.1 Å². The Bertz CT molecular complexity index is 6200. The van der Waals surface area contributed by atoms with Gasteiger partial charge in [-0.2, -0.15) is 13.3 Å². The number of halogens is 3. The first kappa shape index (κ1) is 109. The molecule has 5 fully saturated rings. The van der Waals surface area contributed by atoms with Gasteiger partial charge in [-0.15, -0.1) is 6.07 Å². The van der Waals surface area contributed by atoms with Crippen molar-refractivity contribution in [1.82, 2.24) is 0 Å². The first-order valence-electron chi connectivity index (χ1n) is 50.9. The van der Waals surface area contributed by atoms with Crippen LogP contribution in [0.3, 0.4) is 0 Å². The quantitative estimate of drug-likeness (QED) is 0.0372. The van der Waals surface area contributed by atoms with E-state index in [0.29, 0.717) is 0 Å². The summed E-state index contributed by atoms with van der Waals surface area (Å²) in [7, 11) is 18.7. The minimum atomic E-state index is -1.92. The summed E-state index contributed by atoms with van der Waals surface area (Å²) < 4.78 is 4.26. The fourth-order valence-corrected chi connectivity index (χ4v) is 32.2. The zero-order valence-corrected chi connectivity index (χ0v) is 94.6. The molecule has 0 amide bonds. The average molecular weight is 2130 g/mol. The Hall–Kier alpha value is -9.58. The third-order valence-corrected chi connectivity index (χ3v) is 38.6. The molecule has 2 N–H and O–H groups in total. The van der Waals surface area contributed by atoms with Gasteiger partial charge in [-0.1, -0.05) is 156 Å². The van der Waals surface area contributed by atoms with E-state index in [0.717, 1.165) is 75.0 Å². The molecule has 19 rings (SSSR count). The molecular weight excluding hydrogens is 1980 g/mol. The molecule has 141 heavy (non-hydrogen) atoms. The fraction of sp³-hybridized carbons (Fsp3) is 0.346. The molecule has 3 saturated carbocycles. The number of phenolic OH excluding ortho intramolecular Hbond substituents is 2. The van der Waals surface area contributed by atoms with Crippen molar-refractivity contribution in [3.8, 4) is 11.5 Å². The maximum atomic E-state index is 9.88. The molecule has 0 atom stereocenters. The third-order valence-electron chi connectivity index (χ3n) is 29.0. The van der Waals surface area contributed by atoms with Crippen LogP contribution in [-0.2, 0) is 29.2 Å². The molecule has 745 valence electrons. The number of fused-ring (bicyclic) bond motifs is 2. The van der Waals surface area contributed by atoms with E-state index < -0.39 is 13.5 Å². The Balaban J connectivity index is 0.000000139. The summed E-state index contributed by atoms with van der Waals surface area (Å²) in [5.74, 6) is 0.529. The van der Waals surface area contributed by atoms with E-state index in [4.69, 9.17) is 29.1 Å². The molecular formula is C127H152Cl3N6O2PRu2-. The van der Waals surface area contributed by atoms with Crippen molar-refractivity contribution in [3.05, 3.63) is 405 Å². The van der Waals surface area contributed by atoms with Crippen molar-refractivity contribution >= 4 is 103 Å². The van der Waals surface area contributed by atoms with Gasteiger partial charge in [-0.25, -0.2) is 0 Å². The Morgan fingerprint density at radius 3 is 1.08 bits per heavy atom. The van der Waals surface area contributed by atoms with Crippen LogP contribution in [0.4, 0.5) is 34.1 Å². The summed E-state index contributed by atoms with van der Waals surface area (Å²) in [6.07, 6.45) is 30.0. The fourth-order valence-electron chi connectivity index (χ4n) is 23.0. The number of rotatable bonds is 14. The molecule has 5 aliphatic carbocycles. The van der Waals surface area contributed by atoms with Crippen molar-refractivity contribution in [3.63, 3.8) is 0 Å². The molecule has 2 aliphatic heterocycles. The monoisotopic (exact) mass is 2130 g/mol. The molecule has 0 aromatic heterocycles. The summed E-state index contributed by atoms with van der Waals surface area (Å²) in [6, 6.07) is 71.4. The number of anilines is 4. The van der Waals surface area contributed by atoms with Gasteiger partial charge in [0.05, 0.1) is 35.1 Å². The van der Waals surface area contributed by atoms with Crippen LogP contribution in [0.15, 0.2) is 223 Å². The van der Waals surface area contributed by atoms with E-state index >= 15 is 0 Å². The molecule has 2 heterocycles. The second-order valence-electron chi connectivity index (χ2n) is 40.6. The number of allylic oxidation sites excluding steroid dienone is 2. The topological polar surface area (TPSA) is 68.8 Å². The SMILES string of the molecule is C1CCC([PH+](C2CCCCC2)C2CCCCC2)CC1.C=[N+]([CH-]c1cc(C)ccc1O)c1c(C)cccc1C.Cc1cc(C)c(N2[CH-]N(c3c(C)cc(C)cc3C)CC2)c(C)c1.Cc1cc(C)c(N2[CH-]N(c3c(C)cc(C)cc3C)CC2)c(C)c1.Cc1ccc(O)c(C=Nc2c(C)cccc2C)c1.Cc1ccccc1C1=C[C](=[Ru]([Cl])[Cl])c2cccc(C)c21.Cc1ccccc1C1=C[C](=[Ru][Cl])c2cccc(C)c21. The van der Waals surface area contributed by atoms with Crippen LogP contribution in [0.1, 0.15) is 263 Å². The number of phenols is 2. The summed E-state index contributed by atoms with van der Waals surface area (Å²) >= 11 is -2.15. The number of benzene rings is 12. The van der Waals surface area contributed by atoms with Gasteiger partial charge in [0.2, 0.25) is 0 Å². The van der Waals surface area contributed by atoms with Crippen molar-refractivity contribution in [2.24, 2.45) is 4.99 Å². The number of aromatic hydroxyl groups is 2. The zero-order valence-electron chi connectivity index (χ0n) is 87.9. The second kappa shape index (κ2) is 50.8. The molecule has 12 aromatic carbocycles. The summed E-state index contributed by atoms with van der Waals surface area (Å²) in [5.41, 5.74) is 51.3. The number of para-hydroxylation sites is 2. The average Bonchev–Trinajstić information content (AvgIpc) is 1.62. The summed E-state index contributed by atoms with van der Waals surface area (Å²) in [6.45, 7) is 61.9. The van der Waals surface area contributed by atoms with Gasteiger partial charge in [-0.3, -0.25) is 9.57 Å². The molecule has 14 heteroatoms. The van der Waals surface area contributed by atoms with Crippen molar-refractivity contribution in [2.45, 2.75) is 266 Å². The minimum absolute atomic E-state index is 0.0465. The van der Waals surface area contributed by atoms with Gasteiger partial charge in [0.1, 0.15) is 12.3 Å². The molecule has 2 saturated heterocycles. The van der Waals surface area contributed by atoms with Gasteiger partial charge in [-0.05, 0) is 286 Å². The van der Waals surface area contributed by atoms with E-state index in [-0.39, 0.29) is 35.1 Å². The number of nitrogens with zero attached hydrogens (tertiary/aromatic N) is 6. The molecule has 7 aliphatic rings. The third kappa shape index (κ3) is 27.5. The predicted octanol–water partition coefficient (Wildman–Crippen LogP) is 33.8. The Morgan fingerprint density at radius 2 is 0.695 bits per heavy atom. The van der Waals surface area contributed by atoms with Gasteiger partial charge in [0.15, 0.2) is 5.69 Å². The number of aliphatic imine (C=N–C) groups is 1. The summed E-state index contributed by atoms with van der Waals surface area (Å²) in [4.78, 5) is 14.1. The first-order valence-corrected chi connectivity index (χ1v) is 61.1. The van der Waals surface area contributed by atoms with Crippen LogP contribution >= 0.6 is 37.0 Å². The van der Waals surface area contributed by atoms with E-state index in [9.17, 15) is 10.2 Å². The van der Waals surface area contributed by atoms with Crippen LogP contribution in [0.25, 0.3) is 11.1 Å². The number of hydrogen-bond acceptors (Lipinski definition) is 7. The summed E-state index contributed by atoms with van der Waals surface area (Å²) in [5, 5.41) is 19.6. The van der Waals surface area contributed by atoms with E-state index in [1.807, 2.05) is 87.3 Å². The van der Waals surface area contributed by atoms with Crippen LogP contribution in [0.2, 0.25) is 0 Å². The van der Waals surface area contributed by atoms with Gasteiger partial charge >= 0.3 is 258 Å². The Kier molecular flexibility index (Phi) is 39.1. The normalized spacial score (nSPS) is 15.6. The molecule has 0 bridgehead atoms. The van der Waals surface area contributed by atoms with Gasteiger partial charge in [0, 0.05) is 68.6 Å². The number of hydrogen-bond donors (Lipinski definition) is 2.